The van der Waals surface area contributed by atoms with Crippen LogP contribution in [0.1, 0.15) is 40.0 Å². The fourth-order valence-corrected chi connectivity index (χ4v) is 4.55. The summed E-state index contributed by atoms with van der Waals surface area (Å²) < 4.78 is 6.81. The van der Waals surface area contributed by atoms with Gasteiger partial charge in [0.15, 0.2) is 0 Å². The minimum atomic E-state index is -0.411. The number of ether oxygens (including phenoxy) is 1. The predicted molar refractivity (Wildman–Crippen MR) is 138 cm³/mol. The molecule has 0 fully saturated rings. The second-order valence-electron chi connectivity index (χ2n) is 8.86. The first-order valence-corrected chi connectivity index (χ1v) is 11.7. The second-order valence-corrected chi connectivity index (χ2v) is 8.86. The lowest BCUT2D eigenvalue weighted by Crippen LogP contribution is -2.47. The molecule has 0 spiro atoms. The molecule has 1 aromatic heterocycles. The molecule has 2 heterocycles. The Labute approximate surface area is 209 Å². The fourth-order valence-electron chi connectivity index (χ4n) is 4.55. The topological polar surface area (TPSA) is 102 Å². The van der Waals surface area contributed by atoms with Crippen LogP contribution in [-0.4, -0.2) is 33.5 Å². The van der Waals surface area contributed by atoms with E-state index in [1.54, 1.807) is 29.3 Å². The number of esters is 1. The number of nitrogens with zero attached hydrogens (tertiary/aromatic N) is 3. The minimum Gasteiger partial charge on any atom is -0.465 e. The van der Waals surface area contributed by atoms with E-state index in [1.807, 2.05) is 54.0 Å². The van der Waals surface area contributed by atoms with Crippen LogP contribution in [0.4, 0.5) is 5.95 Å². The van der Waals surface area contributed by atoms with Crippen molar-refractivity contribution >= 4 is 28.9 Å². The molecule has 1 atom stereocenters. The van der Waals surface area contributed by atoms with Crippen LogP contribution >= 0.6 is 0 Å². The summed E-state index contributed by atoms with van der Waals surface area (Å²) in [5, 5.41) is 1.57. The van der Waals surface area contributed by atoms with Crippen LogP contribution in [-0.2, 0) is 22.6 Å². The Morgan fingerprint density at radius 1 is 1.03 bits per heavy atom. The number of rotatable bonds is 6. The van der Waals surface area contributed by atoms with Gasteiger partial charge in [-0.25, -0.2) is 15.2 Å². The lowest BCUT2D eigenvalue weighted by molar-refractivity contribution is -0.131. The van der Waals surface area contributed by atoms with Gasteiger partial charge in [-0.2, -0.15) is 0 Å². The van der Waals surface area contributed by atoms with E-state index < -0.39 is 5.97 Å². The van der Waals surface area contributed by atoms with Gasteiger partial charge < -0.3 is 15.0 Å². The Bertz CT molecular complexity index is 1490. The number of para-hydroxylation sites is 2. The van der Waals surface area contributed by atoms with Gasteiger partial charge in [0.05, 0.1) is 42.8 Å². The van der Waals surface area contributed by atoms with E-state index in [2.05, 4.69) is 22.5 Å². The first-order chi connectivity index (χ1) is 17.4. The highest BCUT2D eigenvalue weighted by atomic mass is 16.5. The number of hydrogen-bond acceptors (Lipinski definition) is 6. The lowest BCUT2D eigenvalue weighted by atomic mass is 9.96. The van der Waals surface area contributed by atoms with Crippen molar-refractivity contribution in [2.75, 3.05) is 12.8 Å². The van der Waals surface area contributed by atoms with Crippen molar-refractivity contribution < 1.29 is 14.3 Å². The number of fused-ring (bicyclic) bond motifs is 1. The molecular formula is C28H27N5O3. The quantitative estimate of drug-likeness (QED) is 0.404. The van der Waals surface area contributed by atoms with Crippen LogP contribution in [0.15, 0.2) is 84.4 Å². The maximum Gasteiger partial charge on any atom is 0.337 e. The van der Waals surface area contributed by atoms with Gasteiger partial charge in [-0.1, -0.05) is 48.5 Å². The van der Waals surface area contributed by atoms with E-state index in [-0.39, 0.29) is 11.9 Å². The molecule has 182 valence electrons. The molecule has 3 aromatic carbocycles. The van der Waals surface area contributed by atoms with Crippen molar-refractivity contribution in [3.63, 3.8) is 0 Å². The van der Waals surface area contributed by atoms with Crippen LogP contribution in [0.25, 0.3) is 11.0 Å². The second kappa shape index (κ2) is 9.67. The Morgan fingerprint density at radius 3 is 2.58 bits per heavy atom. The number of carbonyl (C=O) groups excluding carboxylic acids is 2. The normalized spacial score (nSPS) is 15.7. The summed E-state index contributed by atoms with van der Waals surface area (Å²) >= 11 is 0. The Balaban J connectivity index is 1.38. The molecule has 0 bridgehead atoms. The Kier molecular flexibility index (Phi) is 6.26. The van der Waals surface area contributed by atoms with Gasteiger partial charge in [-0.05, 0) is 53.5 Å². The summed E-state index contributed by atoms with van der Waals surface area (Å²) in [6.07, 6.45) is 1.65. The number of nitrogens with two attached hydrogens (primary N) is 1. The molecule has 1 amide bonds. The number of nitrogen functional groups attached to an aromatic ring is 1. The van der Waals surface area contributed by atoms with Crippen LogP contribution in [0, 0.1) is 0 Å². The van der Waals surface area contributed by atoms with Crippen molar-refractivity contribution in [2.24, 2.45) is 0 Å². The molecule has 1 aliphatic heterocycles. The summed E-state index contributed by atoms with van der Waals surface area (Å²) in [4.78, 5) is 29.1. The number of hydrazine groups is 1. The van der Waals surface area contributed by atoms with Crippen LogP contribution < -0.4 is 11.2 Å². The summed E-state index contributed by atoms with van der Waals surface area (Å²) in [6, 6.07) is 23.0. The van der Waals surface area contributed by atoms with E-state index in [0.29, 0.717) is 24.6 Å². The molecular weight excluding hydrogens is 454 g/mol. The third-order valence-corrected chi connectivity index (χ3v) is 6.36. The van der Waals surface area contributed by atoms with E-state index in [0.717, 1.165) is 33.3 Å². The van der Waals surface area contributed by atoms with Crippen molar-refractivity contribution in [1.29, 1.82) is 0 Å². The van der Waals surface area contributed by atoms with E-state index in [4.69, 9.17) is 10.5 Å². The van der Waals surface area contributed by atoms with Crippen LogP contribution in [0.3, 0.4) is 0 Å². The van der Waals surface area contributed by atoms with Crippen molar-refractivity contribution in [3.8, 4) is 0 Å². The number of methoxy groups -OCH3 is 1. The van der Waals surface area contributed by atoms with Gasteiger partial charge in [0.2, 0.25) is 5.95 Å². The Morgan fingerprint density at radius 2 is 1.78 bits per heavy atom. The molecule has 0 radical (unpaired) electrons. The number of benzene rings is 3. The maximum absolute atomic E-state index is 12.8. The highest BCUT2D eigenvalue weighted by molar-refractivity contribution is 5.90. The first-order valence-electron chi connectivity index (χ1n) is 11.7. The van der Waals surface area contributed by atoms with Gasteiger partial charge in [0.1, 0.15) is 0 Å². The maximum atomic E-state index is 12.8. The third kappa shape index (κ3) is 4.58. The standard InChI is InChI=1S/C28H27N5O3/c1-18-13-25(34)33(17-20-8-6-10-22(15-20)27(35)36-2)31-26(18)21-9-5-7-19(14-21)16-32-24-12-4-3-11-23(24)30-28(32)29/h3-15,26,31H,16-17H2,1-2H3,(H2,29,30). The summed E-state index contributed by atoms with van der Waals surface area (Å²) in [6.45, 7) is 2.83. The third-order valence-electron chi connectivity index (χ3n) is 6.36. The highest BCUT2D eigenvalue weighted by Crippen LogP contribution is 2.28. The smallest absolute Gasteiger partial charge is 0.337 e. The van der Waals surface area contributed by atoms with Crippen molar-refractivity contribution in [1.82, 2.24) is 20.0 Å². The molecule has 36 heavy (non-hydrogen) atoms. The highest BCUT2D eigenvalue weighted by Gasteiger charge is 2.26. The van der Waals surface area contributed by atoms with E-state index in [9.17, 15) is 9.59 Å². The lowest BCUT2D eigenvalue weighted by Gasteiger charge is -2.33. The minimum absolute atomic E-state index is 0.138. The molecule has 3 N–H and O–H groups in total. The molecule has 0 aliphatic carbocycles. The largest absolute Gasteiger partial charge is 0.465 e. The predicted octanol–water partition coefficient (Wildman–Crippen LogP) is 3.99. The number of imidazole rings is 1. The zero-order valence-electron chi connectivity index (χ0n) is 20.1. The number of hydrogen-bond donors (Lipinski definition) is 2. The van der Waals surface area contributed by atoms with Gasteiger partial charge in [0.25, 0.3) is 5.91 Å². The SMILES string of the molecule is COC(=O)c1cccc(CN2NC(c3cccc(Cn4c(N)nc5ccccc54)c3)C(C)=CC2=O)c1. The number of aromatic nitrogens is 2. The van der Waals surface area contributed by atoms with Crippen molar-refractivity contribution in [2.45, 2.75) is 26.1 Å². The molecule has 4 aromatic rings. The molecule has 1 aliphatic rings. The monoisotopic (exact) mass is 481 g/mol. The molecule has 0 saturated carbocycles. The Hall–Kier alpha value is -4.43. The number of nitrogens with one attached hydrogen (secondary N) is 1. The van der Waals surface area contributed by atoms with E-state index in [1.165, 1.54) is 7.11 Å². The number of carbonyl (C=O) groups is 2. The van der Waals surface area contributed by atoms with Gasteiger partial charge in [0, 0.05) is 6.08 Å². The average Bonchev–Trinajstić information content (AvgIpc) is 3.20. The molecule has 5 rings (SSSR count). The number of anilines is 1. The molecule has 8 nitrogen and oxygen atoms in total. The molecule has 8 heteroatoms. The molecule has 0 saturated heterocycles. The summed E-state index contributed by atoms with van der Waals surface area (Å²) in [5.74, 6) is -0.0769. The van der Waals surface area contributed by atoms with Crippen molar-refractivity contribution in [3.05, 3.63) is 107 Å². The summed E-state index contributed by atoms with van der Waals surface area (Å²) in [5.41, 5.74) is 15.7. The van der Waals surface area contributed by atoms with Crippen LogP contribution in [0.2, 0.25) is 0 Å². The first kappa shape index (κ1) is 23.3. The van der Waals surface area contributed by atoms with Gasteiger partial charge in [-0.15, -0.1) is 0 Å². The number of amides is 1. The fraction of sp³-hybridized carbons (Fsp3) is 0.179. The zero-order valence-corrected chi connectivity index (χ0v) is 20.1. The zero-order chi connectivity index (χ0) is 25.2. The summed E-state index contributed by atoms with van der Waals surface area (Å²) in [7, 11) is 1.35. The van der Waals surface area contributed by atoms with Crippen LogP contribution in [0.5, 0.6) is 0 Å². The van der Waals surface area contributed by atoms with Gasteiger partial charge in [-0.3, -0.25) is 9.80 Å². The van der Waals surface area contributed by atoms with E-state index >= 15 is 0 Å². The molecule has 1 unspecified atom stereocenters. The van der Waals surface area contributed by atoms with Gasteiger partial charge >= 0.3 is 5.97 Å². The average molecular weight is 482 g/mol.